The maximum Gasteiger partial charge on any atom is 0.408 e. The Bertz CT molecular complexity index is 1580. The van der Waals surface area contributed by atoms with Gasteiger partial charge in [-0.1, -0.05) is 78.9 Å². The number of hydrogen-bond acceptors (Lipinski definition) is 10. The number of hydrogen-bond donors (Lipinski definition) is 4. The molecule has 48 heavy (non-hydrogen) atoms. The van der Waals surface area contributed by atoms with Gasteiger partial charge in [0.2, 0.25) is 11.8 Å². The number of nitrogens with one attached hydrogen (secondary N) is 2. The molecule has 0 fully saturated rings. The summed E-state index contributed by atoms with van der Waals surface area (Å²) in [5, 5.41) is 14.8. The molecule has 0 spiro atoms. The molecule has 0 saturated heterocycles. The molecule has 1 aliphatic rings. The molecule has 13 heteroatoms. The van der Waals surface area contributed by atoms with E-state index in [0.717, 1.165) is 22.3 Å². The van der Waals surface area contributed by atoms with Gasteiger partial charge in [0.25, 0.3) is 0 Å². The number of carbonyl (C=O) groups is 5. The number of benzene rings is 3. The predicted octanol–water partition coefficient (Wildman–Crippen LogP) is 2.84. The van der Waals surface area contributed by atoms with Crippen molar-refractivity contribution in [3.05, 3.63) is 95.6 Å². The summed E-state index contributed by atoms with van der Waals surface area (Å²) in [6.07, 6.45) is -1.80. The fourth-order valence-electron chi connectivity index (χ4n) is 5.19. The second-order valence-corrected chi connectivity index (χ2v) is 12.1. The lowest BCUT2D eigenvalue weighted by atomic mass is 9.98. The van der Waals surface area contributed by atoms with Gasteiger partial charge in [0.05, 0.1) is 6.61 Å². The molecule has 0 aromatic heterocycles. The first kappa shape index (κ1) is 35.6. The van der Waals surface area contributed by atoms with Crippen LogP contribution < -0.4 is 16.4 Å². The van der Waals surface area contributed by atoms with Crippen LogP contribution in [0.3, 0.4) is 0 Å². The molecule has 0 aliphatic heterocycles. The molecule has 2 atom stereocenters. The SMILES string of the molecule is CC(C)(C)OC(=O)NCC(=O)N(C(=O)[C@@H](N)CNC(=O)OCC1c2ccccc2-c2ccccc21)[C@@H](CO)C(=O)OCc1ccccc1. The van der Waals surface area contributed by atoms with Crippen molar-refractivity contribution < 1.29 is 43.3 Å². The summed E-state index contributed by atoms with van der Waals surface area (Å²) in [5.74, 6) is -3.47. The zero-order chi connectivity index (χ0) is 34.8. The van der Waals surface area contributed by atoms with Crippen molar-refractivity contribution in [2.75, 3.05) is 26.3 Å². The zero-order valence-corrected chi connectivity index (χ0v) is 27.0. The number of rotatable bonds is 12. The fraction of sp³-hybridized carbons (Fsp3) is 0.343. The highest BCUT2D eigenvalue weighted by atomic mass is 16.6. The molecule has 13 nitrogen and oxygen atoms in total. The van der Waals surface area contributed by atoms with Crippen molar-refractivity contribution in [2.24, 2.45) is 5.73 Å². The van der Waals surface area contributed by atoms with E-state index in [1.807, 2.05) is 48.5 Å². The summed E-state index contributed by atoms with van der Waals surface area (Å²) in [4.78, 5) is 65.1. The van der Waals surface area contributed by atoms with Crippen LogP contribution in [-0.2, 0) is 35.2 Å². The Hall–Kier alpha value is -5.27. The van der Waals surface area contributed by atoms with E-state index in [1.54, 1.807) is 51.1 Å². The van der Waals surface area contributed by atoms with E-state index in [0.29, 0.717) is 10.5 Å². The minimum absolute atomic E-state index is 0.0177. The Morgan fingerprint density at radius 3 is 2.00 bits per heavy atom. The predicted molar refractivity (Wildman–Crippen MR) is 174 cm³/mol. The molecule has 4 amide bonds. The van der Waals surface area contributed by atoms with Crippen LogP contribution in [0.15, 0.2) is 78.9 Å². The van der Waals surface area contributed by atoms with Crippen molar-refractivity contribution in [3.8, 4) is 11.1 Å². The van der Waals surface area contributed by atoms with Gasteiger partial charge in [-0.3, -0.25) is 14.5 Å². The number of carbonyl (C=O) groups excluding carboxylic acids is 5. The molecule has 254 valence electrons. The van der Waals surface area contributed by atoms with Crippen LogP contribution in [0.2, 0.25) is 0 Å². The van der Waals surface area contributed by atoms with Crippen LogP contribution in [0.1, 0.15) is 43.4 Å². The topological polar surface area (TPSA) is 187 Å². The smallest absolute Gasteiger partial charge is 0.408 e. The number of esters is 1. The summed E-state index contributed by atoms with van der Waals surface area (Å²) in [6, 6.07) is 21.0. The summed E-state index contributed by atoms with van der Waals surface area (Å²) < 4.78 is 15.9. The van der Waals surface area contributed by atoms with Crippen molar-refractivity contribution in [2.45, 2.75) is 51.0 Å². The van der Waals surface area contributed by atoms with Crippen LogP contribution in [0.25, 0.3) is 11.1 Å². The Balaban J connectivity index is 1.40. The van der Waals surface area contributed by atoms with Crippen molar-refractivity contribution >= 4 is 30.0 Å². The first-order valence-corrected chi connectivity index (χ1v) is 15.4. The third kappa shape index (κ3) is 9.17. The molecule has 0 heterocycles. The number of nitrogens with zero attached hydrogens (tertiary/aromatic N) is 1. The first-order valence-electron chi connectivity index (χ1n) is 15.4. The molecule has 0 radical (unpaired) electrons. The van der Waals surface area contributed by atoms with Gasteiger partial charge < -0.3 is 35.7 Å². The Morgan fingerprint density at radius 2 is 1.42 bits per heavy atom. The highest BCUT2D eigenvalue weighted by Gasteiger charge is 2.38. The number of ether oxygens (including phenoxy) is 3. The lowest BCUT2D eigenvalue weighted by Gasteiger charge is -2.30. The van der Waals surface area contributed by atoms with E-state index < -0.39 is 67.4 Å². The van der Waals surface area contributed by atoms with Gasteiger partial charge in [0.1, 0.15) is 31.4 Å². The zero-order valence-electron chi connectivity index (χ0n) is 27.0. The number of aliphatic hydroxyl groups is 1. The summed E-state index contributed by atoms with van der Waals surface area (Å²) in [7, 11) is 0. The van der Waals surface area contributed by atoms with E-state index in [-0.39, 0.29) is 19.1 Å². The van der Waals surface area contributed by atoms with Crippen LogP contribution in [0.4, 0.5) is 9.59 Å². The first-order chi connectivity index (χ1) is 22.9. The maximum atomic E-state index is 13.5. The normalized spacial score (nSPS) is 13.3. The summed E-state index contributed by atoms with van der Waals surface area (Å²) in [6.45, 7) is 2.45. The lowest BCUT2D eigenvalue weighted by Crippen LogP contribution is -2.59. The minimum Gasteiger partial charge on any atom is -0.459 e. The minimum atomic E-state index is -1.80. The van der Waals surface area contributed by atoms with Gasteiger partial charge >= 0.3 is 18.2 Å². The van der Waals surface area contributed by atoms with Crippen LogP contribution >= 0.6 is 0 Å². The number of alkyl carbamates (subject to hydrolysis) is 2. The average Bonchev–Trinajstić information content (AvgIpc) is 3.39. The van der Waals surface area contributed by atoms with Gasteiger partial charge in [-0.05, 0) is 48.6 Å². The molecule has 1 aliphatic carbocycles. The van der Waals surface area contributed by atoms with E-state index in [4.69, 9.17) is 19.9 Å². The summed E-state index contributed by atoms with van der Waals surface area (Å²) >= 11 is 0. The number of fused-ring (bicyclic) bond motifs is 3. The highest BCUT2D eigenvalue weighted by Crippen LogP contribution is 2.44. The van der Waals surface area contributed by atoms with E-state index >= 15 is 0 Å². The molecule has 0 bridgehead atoms. The highest BCUT2D eigenvalue weighted by molar-refractivity contribution is 6.03. The second kappa shape index (κ2) is 16.0. The Morgan fingerprint density at radius 1 is 0.833 bits per heavy atom. The van der Waals surface area contributed by atoms with Gasteiger partial charge in [0.15, 0.2) is 6.04 Å². The molecule has 5 N–H and O–H groups in total. The van der Waals surface area contributed by atoms with Crippen molar-refractivity contribution in [3.63, 3.8) is 0 Å². The standard InChI is InChI=1S/C35H40N4O9/c1-35(2,3)48-34(45)38-18-30(41)39(29(19-40)32(43)46-20-22-11-5-4-6-12-22)31(42)28(36)17-37-33(44)47-21-27-25-15-9-7-13-23(25)24-14-8-10-16-26(24)27/h4-16,27-29,40H,17-21,36H2,1-3H3,(H,37,44)(H,38,45)/t28-,29-/m0/s1. The van der Waals surface area contributed by atoms with Crippen LogP contribution in [0, 0.1) is 0 Å². The third-order valence-corrected chi connectivity index (χ3v) is 7.40. The number of amides is 4. The van der Waals surface area contributed by atoms with Crippen LogP contribution in [-0.4, -0.2) is 84.0 Å². The maximum absolute atomic E-state index is 13.5. The van der Waals surface area contributed by atoms with E-state index in [2.05, 4.69) is 10.6 Å². The largest absolute Gasteiger partial charge is 0.459 e. The van der Waals surface area contributed by atoms with Gasteiger partial charge in [-0.15, -0.1) is 0 Å². The van der Waals surface area contributed by atoms with Crippen LogP contribution in [0.5, 0.6) is 0 Å². The molecular weight excluding hydrogens is 620 g/mol. The second-order valence-electron chi connectivity index (χ2n) is 12.1. The Kier molecular flexibility index (Phi) is 11.9. The lowest BCUT2D eigenvalue weighted by molar-refractivity contribution is -0.164. The average molecular weight is 661 g/mol. The molecular formula is C35H40N4O9. The van der Waals surface area contributed by atoms with Crippen molar-refractivity contribution in [1.29, 1.82) is 0 Å². The fourth-order valence-corrected chi connectivity index (χ4v) is 5.19. The number of aliphatic hydroxyl groups excluding tert-OH is 1. The number of nitrogens with two attached hydrogens (primary N) is 1. The third-order valence-electron chi connectivity index (χ3n) is 7.40. The van der Waals surface area contributed by atoms with E-state index in [1.165, 1.54) is 0 Å². The van der Waals surface area contributed by atoms with Gasteiger partial charge in [-0.25, -0.2) is 14.4 Å². The molecule has 3 aromatic rings. The molecule has 4 rings (SSSR count). The van der Waals surface area contributed by atoms with E-state index in [9.17, 15) is 29.1 Å². The summed E-state index contributed by atoms with van der Waals surface area (Å²) in [5.41, 5.74) is 9.99. The quantitative estimate of drug-likeness (QED) is 0.166. The van der Waals surface area contributed by atoms with Crippen molar-refractivity contribution in [1.82, 2.24) is 15.5 Å². The van der Waals surface area contributed by atoms with Gasteiger partial charge in [-0.2, -0.15) is 0 Å². The molecule has 3 aromatic carbocycles. The monoisotopic (exact) mass is 660 g/mol. The molecule has 0 unspecified atom stereocenters. The molecule has 0 saturated carbocycles. The number of imide groups is 1. The Labute approximate surface area is 278 Å². The van der Waals surface area contributed by atoms with Gasteiger partial charge in [0, 0.05) is 12.5 Å².